The molecule has 0 unspecified atom stereocenters. The molecule has 1 heterocycles. The second-order valence-corrected chi connectivity index (χ2v) is 5.58. The molecule has 0 aliphatic heterocycles. The van der Waals surface area contributed by atoms with Crippen LogP contribution in [0, 0.1) is 0 Å². The second kappa shape index (κ2) is 6.20. The molecule has 3 N–H and O–H groups in total. The normalized spacial score (nSPS) is 22.9. The van der Waals surface area contributed by atoms with Crippen molar-refractivity contribution in [3.05, 3.63) is 48.3 Å². The molecule has 1 saturated carbocycles. The zero-order valence-corrected chi connectivity index (χ0v) is 11.7. The van der Waals surface area contributed by atoms with Gasteiger partial charge in [-0.15, -0.1) is 0 Å². The van der Waals surface area contributed by atoms with Gasteiger partial charge in [-0.05, 0) is 43.9 Å². The Morgan fingerprint density at radius 2 is 1.85 bits per heavy atom. The number of hydrogen-bond acceptors (Lipinski definition) is 3. The van der Waals surface area contributed by atoms with Gasteiger partial charge in [-0.25, -0.2) is 4.68 Å². The van der Waals surface area contributed by atoms with Crippen LogP contribution in [-0.2, 0) is 6.54 Å². The van der Waals surface area contributed by atoms with E-state index in [0.717, 1.165) is 30.8 Å². The van der Waals surface area contributed by atoms with Gasteiger partial charge in [0, 0.05) is 24.8 Å². The summed E-state index contributed by atoms with van der Waals surface area (Å²) >= 11 is 0. The third-order valence-electron chi connectivity index (χ3n) is 4.01. The van der Waals surface area contributed by atoms with Crippen LogP contribution < -0.4 is 11.1 Å². The van der Waals surface area contributed by atoms with Crippen LogP contribution in [0.4, 0.5) is 0 Å². The highest BCUT2D eigenvalue weighted by atomic mass is 15.3. The first kappa shape index (κ1) is 13.3. The summed E-state index contributed by atoms with van der Waals surface area (Å²) in [5.41, 5.74) is 8.11. The van der Waals surface area contributed by atoms with Gasteiger partial charge in [0.15, 0.2) is 0 Å². The maximum Gasteiger partial charge on any atom is 0.0766 e. The van der Waals surface area contributed by atoms with Crippen molar-refractivity contribution in [2.45, 2.75) is 44.3 Å². The lowest BCUT2D eigenvalue weighted by Gasteiger charge is -2.26. The van der Waals surface area contributed by atoms with E-state index in [1.807, 2.05) is 29.1 Å². The van der Waals surface area contributed by atoms with Gasteiger partial charge in [-0.1, -0.05) is 18.2 Å². The quantitative estimate of drug-likeness (QED) is 0.895. The summed E-state index contributed by atoms with van der Waals surface area (Å²) in [7, 11) is 0. The average molecular weight is 270 g/mol. The van der Waals surface area contributed by atoms with Crippen molar-refractivity contribution in [2.75, 3.05) is 0 Å². The Bertz CT molecular complexity index is 526. The monoisotopic (exact) mass is 270 g/mol. The number of nitrogens with two attached hydrogens (primary N) is 1. The molecule has 1 aromatic heterocycles. The van der Waals surface area contributed by atoms with E-state index in [-0.39, 0.29) is 0 Å². The summed E-state index contributed by atoms with van der Waals surface area (Å²) in [5, 5.41) is 8.20. The van der Waals surface area contributed by atoms with Gasteiger partial charge in [0.2, 0.25) is 0 Å². The zero-order valence-electron chi connectivity index (χ0n) is 11.7. The van der Waals surface area contributed by atoms with E-state index in [1.54, 1.807) is 0 Å². The van der Waals surface area contributed by atoms with Crippen LogP contribution in [0.15, 0.2) is 42.6 Å². The standard InChI is InChI=1S/C16H22N4/c17-13-6-8-14(9-7-13)18-12-15-10-11-20(19-15)16-4-2-1-3-5-16/h1-5,10-11,13-14,18H,6-9,12,17H2. The number of para-hydroxylation sites is 1. The topological polar surface area (TPSA) is 55.9 Å². The van der Waals surface area contributed by atoms with E-state index >= 15 is 0 Å². The van der Waals surface area contributed by atoms with Crippen molar-refractivity contribution < 1.29 is 0 Å². The smallest absolute Gasteiger partial charge is 0.0766 e. The van der Waals surface area contributed by atoms with Gasteiger partial charge in [0.05, 0.1) is 11.4 Å². The molecule has 0 bridgehead atoms. The Labute approximate surface area is 120 Å². The molecule has 106 valence electrons. The van der Waals surface area contributed by atoms with E-state index in [0.29, 0.717) is 12.1 Å². The molecule has 0 amide bonds. The zero-order chi connectivity index (χ0) is 13.8. The van der Waals surface area contributed by atoms with Gasteiger partial charge in [0.25, 0.3) is 0 Å². The van der Waals surface area contributed by atoms with Crippen molar-refractivity contribution in [1.82, 2.24) is 15.1 Å². The number of hydrogen-bond donors (Lipinski definition) is 2. The van der Waals surface area contributed by atoms with Crippen molar-refractivity contribution in [1.29, 1.82) is 0 Å². The van der Waals surface area contributed by atoms with Gasteiger partial charge < -0.3 is 11.1 Å². The van der Waals surface area contributed by atoms with Crippen LogP contribution in [0.1, 0.15) is 31.4 Å². The Hall–Kier alpha value is -1.65. The van der Waals surface area contributed by atoms with E-state index in [2.05, 4.69) is 28.6 Å². The van der Waals surface area contributed by atoms with Crippen molar-refractivity contribution in [2.24, 2.45) is 5.73 Å². The second-order valence-electron chi connectivity index (χ2n) is 5.58. The van der Waals surface area contributed by atoms with Crippen LogP contribution in [0.3, 0.4) is 0 Å². The first-order chi connectivity index (χ1) is 9.81. The highest BCUT2D eigenvalue weighted by molar-refractivity contribution is 5.30. The van der Waals surface area contributed by atoms with Crippen LogP contribution in [0.25, 0.3) is 5.69 Å². The maximum absolute atomic E-state index is 5.93. The summed E-state index contributed by atoms with van der Waals surface area (Å²) in [5.74, 6) is 0. The van der Waals surface area contributed by atoms with Crippen molar-refractivity contribution in [3.63, 3.8) is 0 Å². The Kier molecular flexibility index (Phi) is 4.14. The van der Waals surface area contributed by atoms with E-state index in [4.69, 9.17) is 5.73 Å². The minimum absolute atomic E-state index is 0.408. The average Bonchev–Trinajstić information content (AvgIpc) is 2.97. The Morgan fingerprint density at radius 3 is 2.60 bits per heavy atom. The SMILES string of the molecule is NC1CCC(NCc2ccn(-c3ccccc3)n2)CC1. The summed E-state index contributed by atoms with van der Waals surface area (Å²) in [6.45, 7) is 0.833. The van der Waals surface area contributed by atoms with Gasteiger partial charge in [0.1, 0.15) is 0 Å². The summed E-state index contributed by atoms with van der Waals surface area (Å²) < 4.78 is 1.92. The number of benzene rings is 1. The van der Waals surface area contributed by atoms with Crippen LogP contribution in [0.5, 0.6) is 0 Å². The number of rotatable bonds is 4. The fraction of sp³-hybridized carbons (Fsp3) is 0.438. The third kappa shape index (κ3) is 3.26. The molecule has 3 rings (SSSR count). The van der Waals surface area contributed by atoms with E-state index in [9.17, 15) is 0 Å². The summed E-state index contributed by atoms with van der Waals surface area (Å²) in [6, 6.07) is 13.3. The fourth-order valence-electron chi connectivity index (χ4n) is 2.75. The van der Waals surface area contributed by atoms with E-state index < -0.39 is 0 Å². The molecule has 1 aliphatic rings. The molecule has 2 aromatic rings. The van der Waals surface area contributed by atoms with Crippen LogP contribution in [-0.4, -0.2) is 21.9 Å². The highest BCUT2D eigenvalue weighted by Crippen LogP contribution is 2.17. The Balaban J connectivity index is 1.55. The predicted molar refractivity (Wildman–Crippen MR) is 80.6 cm³/mol. The molecule has 1 aromatic carbocycles. The first-order valence-corrected chi connectivity index (χ1v) is 7.40. The van der Waals surface area contributed by atoms with Gasteiger partial charge in [-0.3, -0.25) is 0 Å². The van der Waals surface area contributed by atoms with E-state index in [1.165, 1.54) is 12.8 Å². The molecule has 0 spiro atoms. The van der Waals surface area contributed by atoms with Crippen molar-refractivity contribution >= 4 is 0 Å². The fourth-order valence-corrected chi connectivity index (χ4v) is 2.75. The minimum Gasteiger partial charge on any atom is -0.328 e. The van der Waals surface area contributed by atoms with Gasteiger partial charge in [-0.2, -0.15) is 5.10 Å². The number of aromatic nitrogens is 2. The van der Waals surface area contributed by atoms with Crippen LogP contribution in [0.2, 0.25) is 0 Å². The molecule has 0 saturated heterocycles. The lowest BCUT2D eigenvalue weighted by molar-refractivity contribution is 0.340. The predicted octanol–water partition coefficient (Wildman–Crippen LogP) is 2.23. The Morgan fingerprint density at radius 1 is 1.10 bits per heavy atom. The lowest BCUT2D eigenvalue weighted by Crippen LogP contribution is -2.37. The van der Waals surface area contributed by atoms with Gasteiger partial charge >= 0.3 is 0 Å². The molecule has 20 heavy (non-hydrogen) atoms. The first-order valence-electron chi connectivity index (χ1n) is 7.40. The number of nitrogens with one attached hydrogen (secondary N) is 1. The van der Waals surface area contributed by atoms with Crippen molar-refractivity contribution in [3.8, 4) is 5.69 Å². The largest absolute Gasteiger partial charge is 0.328 e. The highest BCUT2D eigenvalue weighted by Gasteiger charge is 2.17. The summed E-state index contributed by atoms with van der Waals surface area (Å²) in [6.07, 6.45) is 6.65. The molecule has 0 radical (unpaired) electrons. The molecule has 0 atom stereocenters. The number of nitrogens with zero attached hydrogens (tertiary/aromatic N) is 2. The molecular weight excluding hydrogens is 248 g/mol. The lowest BCUT2D eigenvalue weighted by atomic mass is 9.92. The molecule has 1 aliphatic carbocycles. The minimum atomic E-state index is 0.408. The molecule has 4 nitrogen and oxygen atoms in total. The molecule has 1 fully saturated rings. The third-order valence-corrected chi connectivity index (χ3v) is 4.01. The maximum atomic E-state index is 5.93. The summed E-state index contributed by atoms with van der Waals surface area (Å²) in [4.78, 5) is 0. The molecular formula is C16H22N4. The molecule has 4 heteroatoms. The van der Waals surface area contributed by atoms with Crippen LogP contribution >= 0.6 is 0 Å².